The standard InChI is InChI=1S/C24H25FN2O4S/c1-17(18-10-14-22(31-2)15-11-18)26-24(28)19-8-12-21(13-9-19)27(32(3,29)30)16-20-6-4-5-7-23(20)25/h4-15,17H,16H2,1-3H3,(H,26,28)/t17-/m0/s1. The molecule has 3 rings (SSSR count). The lowest BCUT2D eigenvalue weighted by molar-refractivity contribution is 0.0940. The molecule has 0 aliphatic rings. The second-order valence-electron chi connectivity index (χ2n) is 7.38. The number of hydrogen-bond acceptors (Lipinski definition) is 4. The van der Waals surface area contributed by atoms with Gasteiger partial charge in [0.15, 0.2) is 0 Å². The van der Waals surface area contributed by atoms with Crippen LogP contribution in [0.3, 0.4) is 0 Å². The fraction of sp³-hybridized carbons (Fsp3) is 0.208. The van der Waals surface area contributed by atoms with Crippen LogP contribution in [-0.2, 0) is 16.6 Å². The molecule has 0 fully saturated rings. The molecule has 0 unspecified atom stereocenters. The van der Waals surface area contributed by atoms with E-state index in [1.807, 2.05) is 31.2 Å². The molecule has 1 N–H and O–H groups in total. The lowest BCUT2D eigenvalue weighted by Gasteiger charge is -2.23. The van der Waals surface area contributed by atoms with E-state index in [0.717, 1.165) is 21.9 Å². The summed E-state index contributed by atoms with van der Waals surface area (Å²) < 4.78 is 45.0. The maximum atomic E-state index is 14.0. The van der Waals surface area contributed by atoms with Gasteiger partial charge < -0.3 is 10.1 Å². The molecule has 1 amide bonds. The average molecular weight is 457 g/mol. The highest BCUT2D eigenvalue weighted by atomic mass is 32.2. The Hall–Kier alpha value is -3.39. The van der Waals surface area contributed by atoms with Crippen LogP contribution in [0.1, 0.15) is 34.5 Å². The lowest BCUT2D eigenvalue weighted by atomic mass is 10.1. The van der Waals surface area contributed by atoms with Crippen LogP contribution in [-0.4, -0.2) is 27.7 Å². The van der Waals surface area contributed by atoms with Gasteiger partial charge in [0.25, 0.3) is 5.91 Å². The molecule has 0 radical (unpaired) electrons. The van der Waals surface area contributed by atoms with Crippen LogP contribution < -0.4 is 14.4 Å². The Morgan fingerprint density at radius 1 is 1.03 bits per heavy atom. The summed E-state index contributed by atoms with van der Waals surface area (Å²) in [6, 6.07) is 19.3. The molecular formula is C24H25FN2O4S. The predicted molar refractivity (Wildman–Crippen MR) is 123 cm³/mol. The number of carbonyl (C=O) groups is 1. The van der Waals surface area contributed by atoms with Crippen molar-refractivity contribution in [1.82, 2.24) is 5.32 Å². The predicted octanol–water partition coefficient (Wildman–Crippen LogP) is 4.29. The number of amides is 1. The zero-order valence-electron chi connectivity index (χ0n) is 18.1. The summed E-state index contributed by atoms with van der Waals surface area (Å²) in [5.41, 5.74) is 1.90. The zero-order valence-corrected chi connectivity index (χ0v) is 18.9. The highest BCUT2D eigenvalue weighted by molar-refractivity contribution is 7.92. The van der Waals surface area contributed by atoms with Crippen LogP contribution >= 0.6 is 0 Å². The summed E-state index contributed by atoms with van der Waals surface area (Å²) in [5, 5.41) is 2.91. The van der Waals surface area contributed by atoms with Gasteiger partial charge in [-0.05, 0) is 55.0 Å². The Labute approximate surface area is 187 Å². The Bertz CT molecular complexity index is 1180. The van der Waals surface area contributed by atoms with Gasteiger partial charge in [-0.25, -0.2) is 12.8 Å². The van der Waals surface area contributed by atoms with E-state index in [1.165, 1.54) is 24.3 Å². The van der Waals surface area contributed by atoms with E-state index in [-0.39, 0.29) is 24.1 Å². The topological polar surface area (TPSA) is 75.7 Å². The van der Waals surface area contributed by atoms with Crippen molar-refractivity contribution in [3.8, 4) is 5.75 Å². The number of halogens is 1. The number of ether oxygens (including phenoxy) is 1. The quantitative estimate of drug-likeness (QED) is 0.549. The molecule has 168 valence electrons. The molecule has 0 aliphatic carbocycles. The van der Waals surface area contributed by atoms with Gasteiger partial charge in [0.05, 0.1) is 31.6 Å². The molecule has 6 nitrogen and oxygen atoms in total. The van der Waals surface area contributed by atoms with E-state index in [1.54, 1.807) is 31.4 Å². The van der Waals surface area contributed by atoms with E-state index in [0.29, 0.717) is 11.3 Å². The van der Waals surface area contributed by atoms with Crippen molar-refractivity contribution in [3.05, 3.63) is 95.3 Å². The zero-order chi connectivity index (χ0) is 23.3. The molecule has 8 heteroatoms. The van der Waals surface area contributed by atoms with Crippen LogP contribution in [0.4, 0.5) is 10.1 Å². The molecule has 0 spiro atoms. The summed E-state index contributed by atoms with van der Waals surface area (Å²) in [7, 11) is -2.08. The maximum Gasteiger partial charge on any atom is 0.251 e. The third-order valence-electron chi connectivity index (χ3n) is 5.05. The maximum absolute atomic E-state index is 14.0. The molecular weight excluding hydrogens is 431 g/mol. The minimum atomic E-state index is -3.67. The van der Waals surface area contributed by atoms with Crippen molar-refractivity contribution in [1.29, 1.82) is 0 Å². The van der Waals surface area contributed by atoms with Crippen LogP contribution in [0, 0.1) is 5.82 Å². The average Bonchev–Trinajstić information content (AvgIpc) is 2.78. The van der Waals surface area contributed by atoms with E-state index in [2.05, 4.69) is 5.32 Å². The van der Waals surface area contributed by atoms with Gasteiger partial charge in [-0.15, -0.1) is 0 Å². The fourth-order valence-electron chi connectivity index (χ4n) is 3.22. The van der Waals surface area contributed by atoms with Gasteiger partial charge in [0, 0.05) is 11.1 Å². The first-order valence-electron chi connectivity index (χ1n) is 9.95. The minimum absolute atomic E-state index is 0.147. The van der Waals surface area contributed by atoms with Gasteiger partial charge in [-0.2, -0.15) is 0 Å². The van der Waals surface area contributed by atoms with E-state index >= 15 is 0 Å². The van der Waals surface area contributed by atoms with Crippen molar-refractivity contribution >= 4 is 21.6 Å². The number of nitrogens with one attached hydrogen (secondary N) is 1. The van der Waals surface area contributed by atoms with Gasteiger partial charge in [0.2, 0.25) is 10.0 Å². The molecule has 0 aliphatic heterocycles. The number of benzene rings is 3. The lowest BCUT2D eigenvalue weighted by Crippen LogP contribution is -2.30. The van der Waals surface area contributed by atoms with E-state index in [9.17, 15) is 17.6 Å². The minimum Gasteiger partial charge on any atom is -0.497 e. The third-order valence-corrected chi connectivity index (χ3v) is 6.19. The van der Waals surface area contributed by atoms with Crippen molar-refractivity contribution in [2.24, 2.45) is 0 Å². The van der Waals surface area contributed by atoms with Gasteiger partial charge >= 0.3 is 0 Å². The molecule has 1 atom stereocenters. The van der Waals surface area contributed by atoms with E-state index < -0.39 is 15.8 Å². The summed E-state index contributed by atoms with van der Waals surface area (Å²) >= 11 is 0. The number of rotatable bonds is 8. The largest absolute Gasteiger partial charge is 0.497 e. The molecule has 0 bridgehead atoms. The van der Waals surface area contributed by atoms with Gasteiger partial charge in [0.1, 0.15) is 11.6 Å². The molecule has 0 saturated heterocycles. The van der Waals surface area contributed by atoms with Crippen molar-refractivity contribution in [2.75, 3.05) is 17.7 Å². The summed E-state index contributed by atoms with van der Waals surface area (Å²) in [4.78, 5) is 12.6. The number of methoxy groups -OCH3 is 1. The van der Waals surface area contributed by atoms with Gasteiger partial charge in [-0.1, -0.05) is 30.3 Å². The molecule has 32 heavy (non-hydrogen) atoms. The number of anilines is 1. The molecule has 0 aromatic heterocycles. The Morgan fingerprint density at radius 2 is 1.66 bits per heavy atom. The van der Waals surface area contributed by atoms with Crippen LogP contribution in [0.15, 0.2) is 72.8 Å². The second-order valence-corrected chi connectivity index (χ2v) is 9.28. The van der Waals surface area contributed by atoms with Crippen LogP contribution in [0.5, 0.6) is 5.75 Å². The summed E-state index contributed by atoms with van der Waals surface area (Å²) in [5.74, 6) is -0.0433. The SMILES string of the molecule is COc1ccc([C@H](C)NC(=O)c2ccc(N(Cc3ccccc3F)S(C)(=O)=O)cc2)cc1. The first-order valence-corrected chi connectivity index (χ1v) is 11.8. The normalized spacial score (nSPS) is 12.1. The van der Waals surface area contributed by atoms with Crippen molar-refractivity contribution in [3.63, 3.8) is 0 Å². The van der Waals surface area contributed by atoms with Crippen molar-refractivity contribution in [2.45, 2.75) is 19.5 Å². The first-order chi connectivity index (χ1) is 15.2. The molecule has 3 aromatic carbocycles. The summed E-state index contributed by atoms with van der Waals surface area (Å²) in [6.07, 6.45) is 1.06. The molecule has 0 heterocycles. The Balaban J connectivity index is 1.75. The molecule has 0 saturated carbocycles. The highest BCUT2D eigenvalue weighted by Gasteiger charge is 2.20. The van der Waals surface area contributed by atoms with E-state index in [4.69, 9.17) is 4.74 Å². The number of hydrogen-bond donors (Lipinski definition) is 1. The Kier molecular flexibility index (Phi) is 7.15. The molecule has 3 aromatic rings. The first kappa shape index (κ1) is 23.3. The van der Waals surface area contributed by atoms with Gasteiger partial charge in [-0.3, -0.25) is 9.10 Å². The van der Waals surface area contributed by atoms with Crippen molar-refractivity contribution < 1.29 is 22.3 Å². The number of sulfonamides is 1. The second kappa shape index (κ2) is 9.82. The summed E-state index contributed by atoms with van der Waals surface area (Å²) in [6.45, 7) is 1.72. The smallest absolute Gasteiger partial charge is 0.251 e. The number of nitrogens with zero attached hydrogens (tertiary/aromatic N) is 1. The number of carbonyl (C=O) groups excluding carboxylic acids is 1. The monoisotopic (exact) mass is 456 g/mol. The third kappa shape index (κ3) is 5.64. The van der Waals surface area contributed by atoms with Crippen LogP contribution in [0.2, 0.25) is 0 Å². The highest BCUT2D eigenvalue weighted by Crippen LogP contribution is 2.23. The fourth-order valence-corrected chi connectivity index (χ4v) is 4.09. The Morgan fingerprint density at radius 3 is 2.22 bits per heavy atom. The van der Waals surface area contributed by atoms with Crippen LogP contribution in [0.25, 0.3) is 0 Å².